The molecule has 1 saturated heterocycles. The van der Waals surface area contributed by atoms with E-state index < -0.39 is 0 Å². The molecule has 0 spiro atoms. The zero-order valence-corrected chi connectivity index (χ0v) is 13.3. The molecule has 0 amide bonds. The van der Waals surface area contributed by atoms with Crippen LogP contribution in [0.3, 0.4) is 0 Å². The van der Waals surface area contributed by atoms with Gasteiger partial charge in [-0.2, -0.15) is 0 Å². The lowest BCUT2D eigenvalue weighted by Gasteiger charge is -2.46. The molecule has 1 atom stereocenters. The van der Waals surface area contributed by atoms with Crippen LogP contribution in [-0.4, -0.2) is 23.5 Å². The topological polar surface area (TPSA) is 41.3 Å². The molecular weight excluding hydrogens is 270 g/mol. The summed E-state index contributed by atoms with van der Waals surface area (Å²) >= 11 is 6.16. The van der Waals surface area contributed by atoms with Crippen LogP contribution in [0.15, 0.2) is 24.3 Å². The van der Waals surface area contributed by atoms with Crippen molar-refractivity contribution in [3.63, 3.8) is 0 Å². The Balaban J connectivity index is 2.38. The second-order valence-corrected chi connectivity index (χ2v) is 6.10. The number of rotatable bonds is 6. The van der Waals surface area contributed by atoms with Crippen LogP contribution in [-0.2, 0) is 0 Å². The highest BCUT2D eigenvalue weighted by atomic mass is 35.5. The summed E-state index contributed by atoms with van der Waals surface area (Å²) in [6, 6.07) is 8.17. The highest BCUT2D eigenvalue weighted by Gasteiger charge is 2.42. The summed E-state index contributed by atoms with van der Waals surface area (Å²) in [5, 5.41) is 0.769. The Morgan fingerprint density at radius 3 is 2.45 bits per heavy atom. The molecule has 0 radical (unpaired) electrons. The normalized spacial score (nSPS) is 18.4. The van der Waals surface area contributed by atoms with Crippen LogP contribution in [0.25, 0.3) is 0 Å². The number of halogens is 1. The van der Waals surface area contributed by atoms with E-state index in [1.54, 1.807) is 0 Å². The van der Waals surface area contributed by atoms with Gasteiger partial charge in [0, 0.05) is 10.6 Å². The molecule has 0 aliphatic carbocycles. The van der Waals surface area contributed by atoms with Crippen molar-refractivity contribution >= 4 is 11.6 Å². The summed E-state index contributed by atoms with van der Waals surface area (Å²) in [6.07, 6.45) is 4.72. The lowest BCUT2D eigenvalue weighted by molar-refractivity contribution is 0.0617. The first-order chi connectivity index (χ1) is 9.67. The number of likely N-dealkylation sites (tertiary alicyclic amines) is 1. The van der Waals surface area contributed by atoms with Crippen LogP contribution in [0.5, 0.6) is 0 Å². The van der Waals surface area contributed by atoms with Gasteiger partial charge in [-0.25, -0.2) is 0 Å². The predicted molar refractivity (Wildman–Crippen MR) is 85.6 cm³/mol. The second kappa shape index (κ2) is 6.90. The van der Waals surface area contributed by atoms with Crippen LogP contribution in [0.4, 0.5) is 0 Å². The van der Waals surface area contributed by atoms with Gasteiger partial charge < -0.3 is 0 Å². The average molecular weight is 296 g/mol. The van der Waals surface area contributed by atoms with E-state index in [1.165, 1.54) is 31.5 Å². The zero-order valence-electron chi connectivity index (χ0n) is 12.5. The molecule has 1 aliphatic heterocycles. The Kier molecular flexibility index (Phi) is 5.44. The van der Waals surface area contributed by atoms with E-state index in [2.05, 4.69) is 30.2 Å². The third kappa shape index (κ3) is 2.86. The van der Waals surface area contributed by atoms with Gasteiger partial charge in [0.25, 0.3) is 0 Å². The van der Waals surface area contributed by atoms with Crippen molar-refractivity contribution in [3.8, 4) is 0 Å². The van der Waals surface area contributed by atoms with Crippen molar-refractivity contribution in [1.82, 2.24) is 10.3 Å². The monoisotopic (exact) mass is 295 g/mol. The van der Waals surface area contributed by atoms with E-state index in [-0.39, 0.29) is 11.6 Å². The fourth-order valence-corrected chi connectivity index (χ4v) is 3.90. The molecule has 3 N–H and O–H groups in total. The Hall–Kier alpha value is -0.610. The van der Waals surface area contributed by atoms with E-state index in [4.69, 9.17) is 17.4 Å². The minimum atomic E-state index is 0.0654. The molecule has 4 heteroatoms. The fourth-order valence-electron chi connectivity index (χ4n) is 3.70. The fraction of sp³-hybridized carbons (Fsp3) is 0.625. The van der Waals surface area contributed by atoms with Crippen LogP contribution >= 0.6 is 11.6 Å². The number of hydrazine groups is 1. The first-order valence-corrected chi connectivity index (χ1v) is 8.02. The average Bonchev–Trinajstić information content (AvgIpc) is 2.99. The van der Waals surface area contributed by atoms with Gasteiger partial charge in [0.15, 0.2) is 0 Å². The maximum Gasteiger partial charge on any atom is 0.0644 e. The molecule has 1 aromatic rings. The molecule has 1 aliphatic rings. The quantitative estimate of drug-likeness (QED) is 0.623. The Morgan fingerprint density at radius 2 is 1.95 bits per heavy atom. The van der Waals surface area contributed by atoms with Gasteiger partial charge >= 0.3 is 0 Å². The van der Waals surface area contributed by atoms with Gasteiger partial charge in [-0.05, 0) is 56.5 Å². The lowest BCUT2D eigenvalue weighted by atomic mass is 9.79. The smallest absolute Gasteiger partial charge is 0.0644 e. The van der Waals surface area contributed by atoms with Crippen molar-refractivity contribution in [2.24, 2.45) is 5.84 Å². The molecular formula is C16H26ClN3. The third-order valence-electron chi connectivity index (χ3n) is 4.85. The van der Waals surface area contributed by atoms with E-state index >= 15 is 0 Å². The van der Waals surface area contributed by atoms with Gasteiger partial charge in [0.2, 0.25) is 0 Å². The molecule has 112 valence electrons. The minimum Gasteiger partial charge on any atom is -0.296 e. The van der Waals surface area contributed by atoms with Crippen molar-refractivity contribution in [2.75, 3.05) is 13.1 Å². The summed E-state index contributed by atoms with van der Waals surface area (Å²) < 4.78 is 0. The van der Waals surface area contributed by atoms with E-state index in [9.17, 15) is 0 Å². The molecule has 1 aromatic carbocycles. The molecule has 3 nitrogen and oxygen atoms in total. The zero-order chi connectivity index (χ0) is 14.6. The first kappa shape index (κ1) is 15.8. The molecule has 2 rings (SSSR count). The number of nitrogens with two attached hydrogens (primary N) is 1. The Morgan fingerprint density at radius 1 is 1.30 bits per heavy atom. The molecule has 0 bridgehead atoms. The van der Waals surface area contributed by atoms with Gasteiger partial charge in [0.1, 0.15) is 0 Å². The van der Waals surface area contributed by atoms with Gasteiger partial charge in [-0.1, -0.05) is 37.6 Å². The summed E-state index contributed by atoms with van der Waals surface area (Å²) in [5.74, 6) is 5.94. The van der Waals surface area contributed by atoms with Gasteiger partial charge in [-0.15, -0.1) is 0 Å². The molecule has 0 saturated carbocycles. The standard InChI is InChI=1S/C16H26ClN3/c1-3-16(4-2,20-10-5-6-11-20)15(19-18)13-8-7-9-14(17)12-13/h7-9,12,15,19H,3-6,10-11,18H2,1-2H3. The van der Waals surface area contributed by atoms with Crippen LogP contribution < -0.4 is 11.3 Å². The summed E-state index contributed by atoms with van der Waals surface area (Å²) in [5.41, 5.74) is 4.31. The Labute approximate surface area is 127 Å². The van der Waals surface area contributed by atoms with Crippen LogP contribution in [0.2, 0.25) is 5.02 Å². The molecule has 20 heavy (non-hydrogen) atoms. The second-order valence-electron chi connectivity index (χ2n) is 5.66. The van der Waals surface area contributed by atoms with Crippen molar-refractivity contribution in [2.45, 2.75) is 51.1 Å². The molecule has 1 heterocycles. The molecule has 1 unspecified atom stereocenters. The summed E-state index contributed by atoms with van der Waals surface area (Å²) in [6.45, 7) is 6.86. The van der Waals surface area contributed by atoms with Crippen LogP contribution in [0, 0.1) is 0 Å². The van der Waals surface area contributed by atoms with Gasteiger partial charge in [0.05, 0.1) is 6.04 Å². The maximum absolute atomic E-state index is 6.16. The largest absolute Gasteiger partial charge is 0.296 e. The van der Waals surface area contributed by atoms with E-state index in [0.717, 1.165) is 17.9 Å². The lowest BCUT2D eigenvalue weighted by Crippen LogP contribution is -2.56. The van der Waals surface area contributed by atoms with E-state index in [1.807, 2.05) is 18.2 Å². The first-order valence-electron chi connectivity index (χ1n) is 7.64. The van der Waals surface area contributed by atoms with Crippen molar-refractivity contribution < 1.29 is 0 Å². The van der Waals surface area contributed by atoms with Crippen molar-refractivity contribution in [1.29, 1.82) is 0 Å². The maximum atomic E-state index is 6.16. The number of nitrogens with zero attached hydrogens (tertiary/aromatic N) is 1. The number of hydrogen-bond acceptors (Lipinski definition) is 3. The van der Waals surface area contributed by atoms with Crippen molar-refractivity contribution in [3.05, 3.63) is 34.9 Å². The van der Waals surface area contributed by atoms with Crippen LogP contribution in [0.1, 0.15) is 51.1 Å². The number of benzene rings is 1. The molecule has 0 aromatic heterocycles. The summed E-state index contributed by atoms with van der Waals surface area (Å²) in [7, 11) is 0. The Bertz CT molecular complexity index is 425. The van der Waals surface area contributed by atoms with Gasteiger partial charge in [-0.3, -0.25) is 16.2 Å². The highest BCUT2D eigenvalue weighted by molar-refractivity contribution is 6.30. The third-order valence-corrected chi connectivity index (χ3v) is 5.08. The summed E-state index contributed by atoms with van der Waals surface area (Å²) in [4.78, 5) is 2.61. The molecule has 1 fully saturated rings. The number of hydrogen-bond donors (Lipinski definition) is 2. The SMILES string of the molecule is CCC(CC)(C(NN)c1cccc(Cl)c1)N1CCCC1. The highest BCUT2D eigenvalue weighted by Crippen LogP contribution is 2.39. The van der Waals surface area contributed by atoms with E-state index in [0.29, 0.717) is 0 Å². The predicted octanol–water partition coefficient (Wildman–Crippen LogP) is 3.50. The number of nitrogens with one attached hydrogen (secondary N) is 1. The minimum absolute atomic E-state index is 0.0654.